The number of aliphatic hydroxyl groups is 1. The number of ether oxygens (including phenoxy) is 1. The lowest BCUT2D eigenvalue weighted by atomic mass is 10.0. The Kier molecular flexibility index (Phi) is 7.18. The molecule has 144 valence electrons. The van der Waals surface area contributed by atoms with Crippen LogP contribution in [-0.2, 0) is 29.2 Å². The van der Waals surface area contributed by atoms with Gasteiger partial charge in [-0.05, 0) is 24.6 Å². The van der Waals surface area contributed by atoms with E-state index in [1.54, 1.807) is 35.4 Å². The first-order chi connectivity index (χ1) is 11.9. The minimum absolute atomic E-state index is 0.0587. The van der Waals surface area contributed by atoms with Crippen LogP contribution in [0.4, 0.5) is 0 Å². The molecule has 1 aliphatic carbocycles. The predicted molar refractivity (Wildman–Crippen MR) is 92.8 cm³/mol. The van der Waals surface area contributed by atoms with Crippen molar-refractivity contribution in [2.24, 2.45) is 14.1 Å². The molecule has 2 N–H and O–H groups in total. The van der Waals surface area contributed by atoms with Gasteiger partial charge < -0.3 is 14.4 Å². The van der Waals surface area contributed by atoms with Crippen LogP contribution >= 0.6 is 0 Å². The van der Waals surface area contributed by atoms with E-state index in [0.717, 1.165) is 17.0 Å². The predicted octanol–water partition coefficient (Wildman–Crippen LogP) is -0.243. The van der Waals surface area contributed by atoms with Crippen LogP contribution in [0.2, 0.25) is 0 Å². The van der Waals surface area contributed by atoms with Crippen LogP contribution < -0.4 is 10.3 Å². The lowest BCUT2D eigenvalue weighted by Crippen LogP contribution is -2.53. The molecule has 10 heteroatoms. The summed E-state index contributed by atoms with van der Waals surface area (Å²) in [5, 5.41) is 9.90. The Labute approximate surface area is 151 Å². The second-order valence-corrected chi connectivity index (χ2v) is 6.52. The summed E-state index contributed by atoms with van der Waals surface area (Å²) in [7, 11) is 0.0564. The van der Waals surface area contributed by atoms with Crippen molar-refractivity contribution < 1.29 is 31.9 Å². The largest absolute Gasteiger partial charge is 0.726 e. The van der Waals surface area contributed by atoms with Crippen LogP contribution in [0.5, 0.6) is 0 Å². The summed E-state index contributed by atoms with van der Waals surface area (Å²) < 4.78 is 41.0. The van der Waals surface area contributed by atoms with Gasteiger partial charge in [0.15, 0.2) is 5.79 Å². The van der Waals surface area contributed by atoms with Crippen molar-refractivity contribution in [3.05, 3.63) is 57.8 Å². The molecule has 0 spiro atoms. The Balaban J connectivity index is 0.000000597. The molecule has 9 nitrogen and oxygen atoms in total. The summed E-state index contributed by atoms with van der Waals surface area (Å²) in [4.78, 5) is 12.0. The van der Waals surface area contributed by atoms with Gasteiger partial charge in [-0.2, -0.15) is 13.9 Å². The van der Waals surface area contributed by atoms with Crippen molar-refractivity contribution in [3.8, 4) is 0 Å². The number of allylic oxidation sites excluding steroid dienone is 3. The molecule has 0 fully saturated rings. The van der Waals surface area contributed by atoms with Crippen LogP contribution in [0, 0.1) is 6.92 Å². The molecule has 0 aromatic carbocycles. The van der Waals surface area contributed by atoms with E-state index in [4.69, 9.17) is 22.3 Å². The number of aryl methyl sites for hydroxylation is 1. The van der Waals surface area contributed by atoms with Gasteiger partial charge in [0.1, 0.15) is 11.4 Å². The first-order valence-corrected chi connectivity index (χ1v) is 8.83. The van der Waals surface area contributed by atoms with E-state index in [-0.39, 0.29) is 5.69 Å². The molecule has 1 aromatic rings. The molecule has 0 saturated carbocycles. The molecule has 1 atom stereocenters. The molecule has 0 radical (unpaired) electrons. The highest BCUT2D eigenvalue weighted by molar-refractivity contribution is 7.79. The maximum atomic E-state index is 12.0. The SMILES string of the molecule is COC1(O)C=CC(C=Cc2cc(C)[n+](C)c(=O)n2C)=CC1.O=S(=O)([O-])O. The normalized spacial score (nSPS) is 19.9. The number of rotatable bonds is 3. The second-order valence-electron chi connectivity index (χ2n) is 5.66. The Hall–Kier alpha value is -2.11. The van der Waals surface area contributed by atoms with Crippen molar-refractivity contribution in [1.29, 1.82) is 0 Å². The van der Waals surface area contributed by atoms with Crippen molar-refractivity contribution in [1.82, 2.24) is 4.57 Å². The van der Waals surface area contributed by atoms with E-state index in [9.17, 15) is 9.90 Å². The monoisotopic (exact) mass is 386 g/mol. The van der Waals surface area contributed by atoms with Gasteiger partial charge in [-0.1, -0.05) is 18.2 Å². The van der Waals surface area contributed by atoms with Crippen LogP contribution in [-0.4, -0.2) is 40.1 Å². The lowest BCUT2D eigenvalue weighted by molar-refractivity contribution is -0.696. The van der Waals surface area contributed by atoms with E-state index in [0.29, 0.717) is 6.42 Å². The minimum atomic E-state index is -4.92. The first-order valence-electron chi connectivity index (χ1n) is 7.46. The second kappa shape index (κ2) is 8.52. The number of hydrogen-bond acceptors (Lipinski definition) is 6. The van der Waals surface area contributed by atoms with Gasteiger partial charge in [0.25, 0.3) is 0 Å². The average Bonchev–Trinajstić information content (AvgIpc) is 2.55. The summed E-state index contributed by atoms with van der Waals surface area (Å²) in [5.74, 6) is -1.21. The zero-order valence-corrected chi connectivity index (χ0v) is 15.7. The smallest absolute Gasteiger partial charge is 0.498 e. The maximum absolute atomic E-state index is 12.0. The highest BCUT2D eigenvalue weighted by Gasteiger charge is 2.23. The molecule has 1 aliphatic rings. The number of aromatic nitrogens is 2. The molecular weight excluding hydrogens is 364 g/mol. The Morgan fingerprint density at radius 1 is 1.42 bits per heavy atom. The minimum Gasteiger partial charge on any atom is -0.726 e. The molecule has 2 rings (SSSR count). The Morgan fingerprint density at radius 3 is 2.46 bits per heavy atom. The van der Waals surface area contributed by atoms with Gasteiger partial charge in [-0.15, -0.1) is 0 Å². The summed E-state index contributed by atoms with van der Waals surface area (Å²) in [5.41, 5.74) is 2.64. The topological polar surface area (TPSA) is 133 Å². The summed E-state index contributed by atoms with van der Waals surface area (Å²) in [6, 6.07) is 1.95. The molecule has 0 saturated heterocycles. The quantitative estimate of drug-likeness (QED) is 0.317. The van der Waals surface area contributed by atoms with E-state index in [2.05, 4.69) is 0 Å². The fraction of sp³-hybridized carbons (Fsp3) is 0.375. The van der Waals surface area contributed by atoms with Gasteiger partial charge >= 0.3 is 5.69 Å². The molecule has 0 bridgehead atoms. The van der Waals surface area contributed by atoms with E-state index in [1.807, 2.05) is 31.2 Å². The molecule has 0 amide bonds. The van der Waals surface area contributed by atoms with E-state index in [1.165, 1.54) is 7.11 Å². The molecular formula is C16H22N2O7S. The van der Waals surface area contributed by atoms with Crippen molar-refractivity contribution in [2.45, 2.75) is 19.1 Å². The van der Waals surface area contributed by atoms with Gasteiger partial charge in [-0.25, -0.2) is 8.42 Å². The van der Waals surface area contributed by atoms with Crippen molar-refractivity contribution in [2.75, 3.05) is 7.11 Å². The standard InChI is InChI=1S/C16H21N2O3.H2O4S/c1-12-11-14(18(3)15(19)17(12)2)6-5-13-7-9-16(20,21-4)10-8-13;1-5(2,3)4/h5-9,11,20H,10H2,1-4H3;(H2,1,2,3,4)/q+1;/p-1. The maximum Gasteiger partial charge on any atom is 0.498 e. The molecule has 1 unspecified atom stereocenters. The summed E-state index contributed by atoms with van der Waals surface area (Å²) in [6.45, 7) is 1.90. The molecule has 1 heterocycles. The third-order valence-electron chi connectivity index (χ3n) is 3.81. The third-order valence-corrected chi connectivity index (χ3v) is 3.81. The van der Waals surface area contributed by atoms with Gasteiger partial charge in [-0.3, -0.25) is 4.55 Å². The average molecular weight is 386 g/mol. The third kappa shape index (κ3) is 6.65. The van der Waals surface area contributed by atoms with Crippen molar-refractivity contribution >= 4 is 16.5 Å². The highest BCUT2D eigenvalue weighted by atomic mass is 32.3. The van der Waals surface area contributed by atoms with Gasteiger partial charge in [0.05, 0.1) is 14.1 Å². The highest BCUT2D eigenvalue weighted by Crippen LogP contribution is 2.22. The summed E-state index contributed by atoms with van der Waals surface area (Å²) >= 11 is 0. The fourth-order valence-corrected chi connectivity index (χ4v) is 2.14. The number of nitrogens with zero attached hydrogens (tertiary/aromatic N) is 2. The number of methoxy groups -OCH3 is 1. The molecule has 0 aliphatic heterocycles. The van der Waals surface area contributed by atoms with Gasteiger partial charge in [0, 0.05) is 19.6 Å². The first kappa shape index (κ1) is 21.9. The van der Waals surface area contributed by atoms with Crippen LogP contribution in [0.15, 0.2) is 40.7 Å². The van der Waals surface area contributed by atoms with Crippen LogP contribution in [0.3, 0.4) is 0 Å². The fourth-order valence-electron chi connectivity index (χ4n) is 2.14. The lowest BCUT2D eigenvalue weighted by Gasteiger charge is -2.23. The zero-order chi connectivity index (χ0) is 20.1. The van der Waals surface area contributed by atoms with Crippen LogP contribution in [0.25, 0.3) is 6.08 Å². The van der Waals surface area contributed by atoms with E-state index < -0.39 is 16.2 Å². The molecule has 26 heavy (non-hydrogen) atoms. The van der Waals surface area contributed by atoms with Gasteiger partial charge in [0.2, 0.25) is 10.4 Å². The Morgan fingerprint density at radius 2 is 2.00 bits per heavy atom. The summed E-state index contributed by atoms with van der Waals surface area (Å²) in [6.07, 6.45) is 9.54. The van der Waals surface area contributed by atoms with E-state index >= 15 is 0 Å². The zero-order valence-electron chi connectivity index (χ0n) is 14.9. The number of hydrogen-bond donors (Lipinski definition) is 2. The molecule has 1 aromatic heterocycles. The van der Waals surface area contributed by atoms with Crippen LogP contribution in [0.1, 0.15) is 17.8 Å². The van der Waals surface area contributed by atoms with Crippen molar-refractivity contribution in [3.63, 3.8) is 0 Å². The Bertz CT molecular complexity index is 905.